The predicted octanol–water partition coefficient (Wildman–Crippen LogP) is 1.73. The molecule has 1 amide bonds. The van der Waals surface area contributed by atoms with Crippen LogP contribution in [0, 0.1) is 10.8 Å². The van der Waals surface area contributed by atoms with Crippen LogP contribution >= 0.6 is 0 Å². The summed E-state index contributed by atoms with van der Waals surface area (Å²) in [7, 11) is 0. The second-order valence-corrected chi connectivity index (χ2v) is 7.63. The van der Waals surface area contributed by atoms with Crippen molar-refractivity contribution >= 4 is 24.3 Å². The zero-order valence-electron chi connectivity index (χ0n) is 18.1. The summed E-state index contributed by atoms with van der Waals surface area (Å²) in [6.07, 6.45) is 4.27. The normalized spacial score (nSPS) is 19.7. The highest BCUT2D eigenvalue weighted by molar-refractivity contribution is 6.25. The summed E-state index contributed by atoms with van der Waals surface area (Å²) in [5, 5.41) is 23.3. The van der Waals surface area contributed by atoms with Crippen LogP contribution in [0.5, 0.6) is 5.75 Å². The lowest BCUT2D eigenvalue weighted by molar-refractivity contribution is -0.114. The number of benzene rings is 1. The van der Waals surface area contributed by atoms with Gasteiger partial charge < -0.3 is 36.4 Å². The third-order valence-electron chi connectivity index (χ3n) is 5.34. The van der Waals surface area contributed by atoms with Crippen LogP contribution in [-0.4, -0.2) is 67.7 Å². The fraction of sp³-hybridized carbons (Fsp3) is 0.455. The van der Waals surface area contributed by atoms with E-state index in [0.29, 0.717) is 37.4 Å². The van der Waals surface area contributed by atoms with Crippen LogP contribution in [0.15, 0.2) is 41.2 Å². The summed E-state index contributed by atoms with van der Waals surface area (Å²) in [5.41, 5.74) is 0.741. The number of nitrogens with one attached hydrogen (secondary N) is 5. The van der Waals surface area contributed by atoms with Crippen molar-refractivity contribution in [3.8, 4) is 5.75 Å². The van der Waals surface area contributed by atoms with Gasteiger partial charge in [0.25, 0.3) is 5.91 Å². The quantitative estimate of drug-likeness (QED) is 0.352. The molecule has 2 aliphatic rings. The molecule has 5 N–H and O–H groups in total. The van der Waals surface area contributed by atoms with E-state index in [-0.39, 0.29) is 12.6 Å². The number of hydrogen-bond donors (Lipinski definition) is 5. The van der Waals surface area contributed by atoms with Crippen LogP contribution in [0.1, 0.15) is 31.4 Å². The standard InChI is InChI=1S/C22H30FN7O2/c1-2-16(23)13-27-22-26-9-7-20(29-22)30-10-8-18(14-30)32-17-5-3-15(4-6-17)19(11-24)28-21(31)12-25/h3-7,11-12,16,18-19,24-25H,2,8-10,13-14H2,1H3,(H,28,31)(H2,26,27,29)/t16?,18-,19+/m1/s1. The second kappa shape index (κ2) is 11.3. The highest BCUT2D eigenvalue weighted by atomic mass is 19.1. The van der Waals surface area contributed by atoms with Crippen LogP contribution in [0.25, 0.3) is 0 Å². The van der Waals surface area contributed by atoms with Crippen LogP contribution in [0.4, 0.5) is 4.39 Å². The van der Waals surface area contributed by atoms with E-state index in [2.05, 4.69) is 25.8 Å². The highest BCUT2D eigenvalue weighted by Crippen LogP contribution is 2.23. The SMILES string of the molecule is CCC(F)CNC1=NCC=C(N2CC[C@@H](Oc3ccc([C@H](C=N)NC(=O)C=N)cc3)C2)N1. The zero-order chi connectivity index (χ0) is 22.9. The maximum Gasteiger partial charge on any atom is 0.262 e. The molecule has 2 heterocycles. The molecule has 1 fully saturated rings. The van der Waals surface area contributed by atoms with E-state index in [1.807, 2.05) is 25.1 Å². The van der Waals surface area contributed by atoms with Crippen molar-refractivity contribution in [3.63, 3.8) is 0 Å². The third kappa shape index (κ3) is 6.29. The maximum absolute atomic E-state index is 13.5. The van der Waals surface area contributed by atoms with Gasteiger partial charge in [0.1, 0.15) is 23.8 Å². The van der Waals surface area contributed by atoms with Crippen molar-refractivity contribution < 1.29 is 13.9 Å². The van der Waals surface area contributed by atoms with E-state index < -0.39 is 18.1 Å². The molecule has 0 spiro atoms. The molecule has 1 aromatic carbocycles. The number of guanidine groups is 1. The van der Waals surface area contributed by atoms with Gasteiger partial charge in [0.05, 0.1) is 25.3 Å². The number of rotatable bonds is 10. The Hall–Kier alpha value is -3.43. The molecule has 172 valence electrons. The van der Waals surface area contributed by atoms with Gasteiger partial charge in [0.2, 0.25) is 0 Å². The van der Waals surface area contributed by atoms with Crippen molar-refractivity contribution in [1.82, 2.24) is 20.9 Å². The number of halogens is 1. The highest BCUT2D eigenvalue weighted by Gasteiger charge is 2.27. The van der Waals surface area contributed by atoms with Gasteiger partial charge in [-0.25, -0.2) is 9.38 Å². The Balaban J connectivity index is 1.50. The number of likely N-dealkylation sites (tertiary alicyclic amines) is 1. The molecule has 3 atom stereocenters. The van der Waals surface area contributed by atoms with Gasteiger partial charge >= 0.3 is 0 Å². The number of amides is 1. The minimum absolute atomic E-state index is 0.0188. The summed E-state index contributed by atoms with van der Waals surface area (Å²) in [6.45, 7) is 4.14. The number of nitrogens with zero attached hydrogens (tertiary/aromatic N) is 2. The van der Waals surface area contributed by atoms with Crippen molar-refractivity contribution in [2.75, 3.05) is 26.2 Å². The van der Waals surface area contributed by atoms with E-state index in [1.165, 1.54) is 0 Å². The fourth-order valence-corrected chi connectivity index (χ4v) is 3.50. The van der Waals surface area contributed by atoms with Crippen LogP contribution in [0.3, 0.4) is 0 Å². The molecule has 9 nitrogen and oxygen atoms in total. The number of carbonyl (C=O) groups excluding carboxylic acids is 1. The lowest BCUT2D eigenvalue weighted by Gasteiger charge is -2.27. The van der Waals surface area contributed by atoms with Gasteiger partial charge in [-0.15, -0.1) is 0 Å². The molecule has 0 aliphatic carbocycles. The number of aliphatic imine (C=N–C) groups is 1. The molecule has 0 aromatic heterocycles. The molecule has 10 heteroatoms. The van der Waals surface area contributed by atoms with Gasteiger partial charge in [-0.1, -0.05) is 19.1 Å². The van der Waals surface area contributed by atoms with Gasteiger partial charge in [-0.3, -0.25) is 4.79 Å². The number of hydrogen-bond acceptors (Lipinski definition) is 8. The van der Waals surface area contributed by atoms with Gasteiger partial charge in [-0.05, 0) is 30.2 Å². The predicted molar refractivity (Wildman–Crippen MR) is 122 cm³/mol. The van der Waals surface area contributed by atoms with Crippen LogP contribution in [-0.2, 0) is 4.79 Å². The molecule has 0 radical (unpaired) electrons. The molecule has 0 bridgehead atoms. The third-order valence-corrected chi connectivity index (χ3v) is 5.34. The topological polar surface area (TPSA) is 126 Å². The number of alkyl halides is 1. The monoisotopic (exact) mass is 443 g/mol. The van der Waals surface area contributed by atoms with E-state index in [0.717, 1.165) is 30.6 Å². The minimum Gasteiger partial charge on any atom is -0.489 e. The summed E-state index contributed by atoms with van der Waals surface area (Å²) in [5.74, 6) is 1.71. The van der Waals surface area contributed by atoms with E-state index in [4.69, 9.17) is 15.6 Å². The second-order valence-electron chi connectivity index (χ2n) is 7.63. The van der Waals surface area contributed by atoms with E-state index >= 15 is 0 Å². The molecule has 1 saturated heterocycles. The summed E-state index contributed by atoms with van der Waals surface area (Å²) in [4.78, 5) is 17.9. The Labute approximate surface area is 187 Å². The van der Waals surface area contributed by atoms with E-state index in [9.17, 15) is 9.18 Å². The summed E-state index contributed by atoms with van der Waals surface area (Å²) in [6, 6.07) is 6.66. The molecule has 0 saturated carbocycles. The fourth-order valence-electron chi connectivity index (χ4n) is 3.50. The molecule has 2 aliphatic heterocycles. The molecule has 32 heavy (non-hydrogen) atoms. The Kier molecular flexibility index (Phi) is 8.18. The summed E-state index contributed by atoms with van der Waals surface area (Å²) >= 11 is 0. The van der Waals surface area contributed by atoms with Crippen LogP contribution in [0.2, 0.25) is 0 Å². The number of carbonyl (C=O) groups is 1. The van der Waals surface area contributed by atoms with E-state index in [1.54, 1.807) is 12.1 Å². The molecule has 3 rings (SSSR count). The Morgan fingerprint density at radius 3 is 2.88 bits per heavy atom. The average Bonchev–Trinajstić information content (AvgIpc) is 3.30. The Morgan fingerprint density at radius 2 is 2.19 bits per heavy atom. The Bertz CT molecular complexity index is 872. The first-order chi connectivity index (χ1) is 15.5. The number of ether oxygens (including phenoxy) is 1. The smallest absolute Gasteiger partial charge is 0.262 e. The molecular weight excluding hydrogens is 413 g/mol. The first kappa shape index (κ1) is 23.2. The zero-order valence-corrected chi connectivity index (χ0v) is 18.1. The van der Waals surface area contributed by atoms with Crippen molar-refractivity contribution in [2.45, 2.75) is 38.1 Å². The maximum atomic E-state index is 13.5. The van der Waals surface area contributed by atoms with Crippen molar-refractivity contribution in [1.29, 1.82) is 10.8 Å². The molecular formula is C22H30FN7O2. The lowest BCUT2D eigenvalue weighted by atomic mass is 10.1. The van der Waals surface area contributed by atoms with Gasteiger partial charge in [-0.2, -0.15) is 0 Å². The first-order valence-corrected chi connectivity index (χ1v) is 10.7. The molecule has 1 unspecified atom stereocenters. The van der Waals surface area contributed by atoms with Crippen molar-refractivity contribution in [2.24, 2.45) is 4.99 Å². The lowest BCUT2D eigenvalue weighted by Crippen LogP contribution is -2.45. The van der Waals surface area contributed by atoms with Crippen molar-refractivity contribution in [3.05, 3.63) is 41.7 Å². The minimum atomic E-state index is -0.897. The van der Waals surface area contributed by atoms with Gasteiger partial charge in [0.15, 0.2) is 5.96 Å². The van der Waals surface area contributed by atoms with Crippen LogP contribution < -0.4 is 20.7 Å². The Morgan fingerprint density at radius 1 is 1.41 bits per heavy atom. The van der Waals surface area contributed by atoms with Gasteiger partial charge in [0, 0.05) is 25.7 Å². The first-order valence-electron chi connectivity index (χ1n) is 10.7. The average molecular weight is 444 g/mol. The largest absolute Gasteiger partial charge is 0.489 e. The summed E-state index contributed by atoms with van der Waals surface area (Å²) < 4.78 is 19.6. The molecule has 1 aromatic rings.